The SMILES string of the molecule is Cc1cc(NC(C)c2ccc(N)cc2)c2ccccc2n1. The second-order valence-electron chi connectivity index (χ2n) is 5.36. The van der Waals surface area contributed by atoms with Crippen LogP contribution in [0.5, 0.6) is 0 Å². The molecule has 3 aromatic rings. The van der Waals surface area contributed by atoms with Gasteiger partial charge in [0, 0.05) is 28.5 Å². The number of hydrogen-bond donors (Lipinski definition) is 2. The number of aryl methyl sites for hydroxylation is 1. The van der Waals surface area contributed by atoms with Crippen LogP contribution < -0.4 is 11.1 Å². The van der Waals surface area contributed by atoms with Crippen molar-refractivity contribution in [3.05, 3.63) is 65.9 Å². The van der Waals surface area contributed by atoms with Crippen LogP contribution in [0.3, 0.4) is 0 Å². The third-order valence-corrected chi connectivity index (χ3v) is 3.65. The fourth-order valence-corrected chi connectivity index (χ4v) is 2.53. The summed E-state index contributed by atoms with van der Waals surface area (Å²) in [6, 6.07) is 18.5. The summed E-state index contributed by atoms with van der Waals surface area (Å²) < 4.78 is 0. The number of pyridine rings is 1. The molecule has 1 aromatic heterocycles. The largest absolute Gasteiger partial charge is 0.399 e. The molecule has 0 aliphatic rings. The van der Waals surface area contributed by atoms with Crippen LogP contribution in [0.2, 0.25) is 0 Å². The monoisotopic (exact) mass is 277 g/mol. The van der Waals surface area contributed by atoms with Crippen LogP contribution in [0, 0.1) is 6.92 Å². The molecule has 0 aliphatic heterocycles. The van der Waals surface area contributed by atoms with Crippen molar-refractivity contribution in [3.63, 3.8) is 0 Å². The maximum atomic E-state index is 5.74. The summed E-state index contributed by atoms with van der Waals surface area (Å²) in [6.07, 6.45) is 0. The summed E-state index contributed by atoms with van der Waals surface area (Å²) in [5.41, 5.74) is 10.9. The van der Waals surface area contributed by atoms with E-state index in [0.29, 0.717) is 0 Å². The third-order valence-electron chi connectivity index (χ3n) is 3.65. The third kappa shape index (κ3) is 2.82. The topological polar surface area (TPSA) is 50.9 Å². The van der Waals surface area contributed by atoms with Crippen molar-refractivity contribution in [2.45, 2.75) is 19.9 Å². The number of hydrogen-bond acceptors (Lipinski definition) is 3. The highest BCUT2D eigenvalue weighted by Gasteiger charge is 2.09. The first-order valence-corrected chi connectivity index (χ1v) is 7.12. The molecule has 21 heavy (non-hydrogen) atoms. The van der Waals surface area contributed by atoms with Crippen LogP contribution in [0.1, 0.15) is 24.2 Å². The van der Waals surface area contributed by atoms with Gasteiger partial charge >= 0.3 is 0 Å². The summed E-state index contributed by atoms with van der Waals surface area (Å²) in [6.45, 7) is 4.17. The highest BCUT2D eigenvalue weighted by Crippen LogP contribution is 2.27. The number of nitrogens with zero attached hydrogens (tertiary/aromatic N) is 1. The second kappa shape index (κ2) is 5.44. The molecular weight excluding hydrogens is 258 g/mol. The first-order valence-electron chi connectivity index (χ1n) is 7.12. The molecule has 1 unspecified atom stereocenters. The zero-order chi connectivity index (χ0) is 14.8. The summed E-state index contributed by atoms with van der Waals surface area (Å²) in [7, 11) is 0. The number of nitrogens with one attached hydrogen (secondary N) is 1. The van der Waals surface area contributed by atoms with Gasteiger partial charge in [-0.05, 0) is 43.7 Å². The van der Waals surface area contributed by atoms with Crippen molar-refractivity contribution in [2.75, 3.05) is 11.1 Å². The van der Waals surface area contributed by atoms with Gasteiger partial charge in [0.2, 0.25) is 0 Å². The van der Waals surface area contributed by atoms with Crippen LogP contribution in [0.25, 0.3) is 10.9 Å². The Morgan fingerprint density at radius 2 is 1.76 bits per heavy atom. The van der Waals surface area contributed by atoms with Gasteiger partial charge in [0.15, 0.2) is 0 Å². The lowest BCUT2D eigenvalue weighted by atomic mass is 10.1. The zero-order valence-electron chi connectivity index (χ0n) is 12.3. The van der Waals surface area contributed by atoms with Gasteiger partial charge in [0.05, 0.1) is 5.52 Å². The van der Waals surface area contributed by atoms with Crippen LogP contribution >= 0.6 is 0 Å². The van der Waals surface area contributed by atoms with Crippen molar-refractivity contribution in [2.24, 2.45) is 0 Å². The lowest BCUT2D eigenvalue weighted by Crippen LogP contribution is -2.07. The van der Waals surface area contributed by atoms with Crippen LogP contribution in [0.15, 0.2) is 54.6 Å². The molecule has 3 nitrogen and oxygen atoms in total. The molecule has 0 spiro atoms. The maximum absolute atomic E-state index is 5.74. The summed E-state index contributed by atoms with van der Waals surface area (Å²) in [5.74, 6) is 0. The molecule has 3 N–H and O–H groups in total. The van der Waals surface area contributed by atoms with E-state index in [0.717, 1.165) is 28.0 Å². The predicted molar refractivity (Wildman–Crippen MR) is 89.4 cm³/mol. The van der Waals surface area contributed by atoms with E-state index in [1.54, 1.807) is 0 Å². The maximum Gasteiger partial charge on any atom is 0.0725 e. The zero-order valence-corrected chi connectivity index (χ0v) is 12.3. The number of fused-ring (bicyclic) bond motifs is 1. The van der Waals surface area contributed by atoms with Crippen molar-refractivity contribution in [1.29, 1.82) is 0 Å². The van der Waals surface area contributed by atoms with Gasteiger partial charge in [0.1, 0.15) is 0 Å². The van der Waals surface area contributed by atoms with E-state index < -0.39 is 0 Å². The van der Waals surface area contributed by atoms with E-state index in [1.807, 2.05) is 37.3 Å². The highest BCUT2D eigenvalue weighted by molar-refractivity contribution is 5.91. The Labute approximate surface area is 124 Å². The van der Waals surface area contributed by atoms with E-state index in [2.05, 4.69) is 41.5 Å². The Morgan fingerprint density at radius 1 is 1.05 bits per heavy atom. The Balaban J connectivity index is 1.95. The molecule has 0 aliphatic carbocycles. The second-order valence-corrected chi connectivity index (χ2v) is 5.36. The Bertz CT molecular complexity index is 763. The number of para-hydroxylation sites is 1. The molecule has 0 saturated heterocycles. The molecule has 0 fully saturated rings. The minimum Gasteiger partial charge on any atom is -0.399 e. The van der Waals surface area contributed by atoms with Crippen molar-refractivity contribution < 1.29 is 0 Å². The van der Waals surface area contributed by atoms with Crippen molar-refractivity contribution in [1.82, 2.24) is 4.98 Å². The van der Waals surface area contributed by atoms with Crippen LogP contribution in [-0.4, -0.2) is 4.98 Å². The molecule has 0 saturated carbocycles. The number of nitrogen functional groups attached to an aromatic ring is 1. The van der Waals surface area contributed by atoms with Crippen LogP contribution in [-0.2, 0) is 0 Å². The van der Waals surface area contributed by atoms with E-state index in [4.69, 9.17) is 5.73 Å². The molecule has 106 valence electrons. The molecule has 0 bridgehead atoms. The molecule has 1 atom stereocenters. The van der Waals surface area contributed by atoms with Gasteiger partial charge < -0.3 is 11.1 Å². The summed E-state index contributed by atoms with van der Waals surface area (Å²) >= 11 is 0. The normalized spacial score (nSPS) is 12.3. The fourth-order valence-electron chi connectivity index (χ4n) is 2.53. The number of anilines is 2. The van der Waals surface area contributed by atoms with Crippen LogP contribution in [0.4, 0.5) is 11.4 Å². The molecule has 1 heterocycles. The number of rotatable bonds is 3. The molecule has 0 amide bonds. The molecule has 2 aromatic carbocycles. The number of nitrogens with two attached hydrogens (primary N) is 1. The minimum atomic E-state index is 0.204. The standard InChI is InChI=1S/C18H19N3/c1-12-11-18(16-5-3-4-6-17(16)20-12)21-13(2)14-7-9-15(19)10-8-14/h3-11,13H,19H2,1-2H3,(H,20,21). The van der Waals surface area contributed by atoms with E-state index in [-0.39, 0.29) is 6.04 Å². The Morgan fingerprint density at radius 3 is 2.52 bits per heavy atom. The molecule has 3 rings (SSSR count). The van der Waals surface area contributed by atoms with E-state index in [9.17, 15) is 0 Å². The minimum absolute atomic E-state index is 0.204. The van der Waals surface area contributed by atoms with Gasteiger partial charge in [0.25, 0.3) is 0 Å². The lowest BCUT2D eigenvalue weighted by molar-refractivity contribution is 0.886. The molecular formula is C18H19N3. The Hall–Kier alpha value is -2.55. The van der Waals surface area contributed by atoms with Crippen molar-refractivity contribution >= 4 is 22.3 Å². The number of aromatic nitrogens is 1. The summed E-state index contributed by atoms with van der Waals surface area (Å²) in [5, 5.41) is 4.72. The highest BCUT2D eigenvalue weighted by atomic mass is 14.9. The average Bonchev–Trinajstić information content (AvgIpc) is 2.47. The Kier molecular flexibility index (Phi) is 3.48. The first-order chi connectivity index (χ1) is 10.1. The van der Waals surface area contributed by atoms with Gasteiger partial charge in [-0.3, -0.25) is 4.98 Å². The smallest absolute Gasteiger partial charge is 0.0725 e. The molecule has 0 radical (unpaired) electrons. The summed E-state index contributed by atoms with van der Waals surface area (Å²) in [4.78, 5) is 4.57. The lowest BCUT2D eigenvalue weighted by Gasteiger charge is -2.18. The number of benzene rings is 2. The van der Waals surface area contributed by atoms with E-state index >= 15 is 0 Å². The van der Waals surface area contributed by atoms with Gasteiger partial charge in [-0.2, -0.15) is 0 Å². The fraction of sp³-hybridized carbons (Fsp3) is 0.167. The average molecular weight is 277 g/mol. The predicted octanol–water partition coefficient (Wildman–Crippen LogP) is 4.30. The van der Waals surface area contributed by atoms with E-state index in [1.165, 1.54) is 5.56 Å². The van der Waals surface area contributed by atoms with Gasteiger partial charge in [-0.15, -0.1) is 0 Å². The quantitative estimate of drug-likeness (QED) is 0.702. The van der Waals surface area contributed by atoms with Gasteiger partial charge in [-0.25, -0.2) is 0 Å². The van der Waals surface area contributed by atoms with Crippen molar-refractivity contribution in [3.8, 4) is 0 Å². The molecule has 3 heteroatoms. The first kappa shape index (κ1) is 13.4. The van der Waals surface area contributed by atoms with Gasteiger partial charge in [-0.1, -0.05) is 30.3 Å².